The van der Waals surface area contributed by atoms with Gasteiger partial charge in [-0.3, -0.25) is 9.88 Å². The number of hydrogen-bond donors (Lipinski definition) is 2. The smallest absolute Gasteiger partial charge is 0.125 e. The number of aryl methyl sites for hydroxylation is 2. The molecule has 4 heterocycles. The number of para-hydroxylation sites is 1. The van der Waals surface area contributed by atoms with Crippen LogP contribution in [0.5, 0.6) is 11.5 Å². The number of aromatic nitrogens is 1. The number of nitrogens with two attached hydrogens (primary N) is 1. The van der Waals surface area contributed by atoms with Crippen molar-refractivity contribution in [2.24, 2.45) is 17.6 Å². The van der Waals surface area contributed by atoms with Crippen LogP contribution in [0.15, 0.2) is 61.3 Å². The molecule has 2 aromatic carbocycles. The monoisotopic (exact) mass is 503 g/mol. The lowest BCUT2D eigenvalue weighted by atomic mass is 9.73. The van der Waals surface area contributed by atoms with Crippen LogP contribution in [0.1, 0.15) is 42.6 Å². The molecule has 3 fully saturated rings. The molecular weight excluding hydrogens is 462 g/mol. The molecule has 0 spiro atoms. The Morgan fingerprint density at radius 2 is 1.97 bits per heavy atom. The normalized spacial score (nSPS) is 24.1. The summed E-state index contributed by atoms with van der Waals surface area (Å²) in [6, 6.07) is 14.2. The number of benzene rings is 2. The molecule has 198 valence electrons. The molecule has 1 aromatic heterocycles. The van der Waals surface area contributed by atoms with E-state index in [1.54, 1.807) is 13.3 Å². The van der Waals surface area contributed by atoms with Crippen molar-refractivity contribution in [3.63, 3.8) is 0 Å². The molecule has 2 bridgehead atoms. The first-order valence-electron chi connectivity index (χ1n) is 13.2. The van der Waals surface area contributed by atoms with Crippen LogP contribution in [-0.4, -0.2) is 53.9 Å². The number of aliphatic hydroxyl groups is 1. The van der Waals surface area contributed by atoms with Crippen LogP contribution in [0, 0.1) is 25.7 Å². The van der Waals surface area contributed by atoms with E-state index in [0.717, 1.165) is 47.5 Å². The molecule has 3 N–H and O–H groups in total. The lowest BCUT2D eigenvalue weighted by Crippen LogP contribution is -2.54. The Morgan fingerprint density at radius 1 is 1.22 bits per heavy atom. The van der Waals surface area contributed by atoms with Gasteiger partial charge in [0.05, 0.1) is 18.7 Å². The third-order valence-corrected chi connectivity index (χ3v) is 7.72. The van der Waals surface area contributed by atoms with Gasteiger partial charge in [-0.05, 0) is 92.9 Å². The summed E-state index contributed by atoms with van der Waals surface area (Å²) in [4.78, 5) is 6.86. The summed E-state index contributed by atoms with van der Waals surface area (Å²) < 4.78 is 11.0. The summed E-state index contributed by atoms with van der Waals surface area (Å²) in [5.41, 5.74) is 9.80. The van der Waals surface area contributed by atoms with E-state index in [2.05, 4.69) is 22.5 Å². The number of hydrogen-bond acceptors (Lipinski definition) is 6. The summed E-state index contributed by atoms with van der Waals surface area (Å²) in [5.74, 6) is 2.98. The number of fused-ring (bicyclic) bond motifs is 4. The lowest BCUT2D eigenvalue weighted by Gasteiger charge is -2.50. The minimum atomic E-state index is -0.504. The summed E-state index contributed by atoms with van der Waals surface area (Å²) in [6.07, 6.45) is 5.62. The molecule has 3 aliphatic rings. The van der Waals surface area contributed by atoms with Crippen molar-refractivity contribution in [1.29, 1.82) is 0 Å². The third kappa shape index (κ3) is 6.15. The summed E-state index contributed by atoms with van der Waals surface area (Å²) in [7, 11) is 1.66. The van der Waals surface area contributed by atoms with Crippen molar-refractivity contribution in [1.82, 2.24) is 9.88 Å². The molecule has 6 heteroatoms. The van der Waals surface area contributed by atoms with E-state index in [4.69, 9.17) is 15.2 Å². The lowest BCUT2D eigenvalue weighted by molar-refractivity contribution is -0.0444. The van der Waals surface area contributed by atoms with Crippen LogP contribution in [0.3, 0.4) is 0 Å². The molecular formula is C31H41N3O3. The first-order chi connectivity index (χ1) is 17.8. The molecule has 6 atom stereocenters. The molecule has 3 aromatic rings. The van der Waals surface area contributed by atoms with Gasteiger partial charge in [-0.15, -0.1) is 6.58 Å². The van der Waals surface area contributed by atoms with Gasteiger partial charge in [-0.2, -0.15) is 0 Å². The van der Waals surface area contributed by atoms with E-state index in [1.165, 1.54) is 17.5 Å². The molecule has 0 radical (unpaired) electrons. The summed E-state index contributed by atoms with van der Waals surface area (Å²) in [5, 5.41) is 12.1. The van der Waals surface area contributed by atoms with Gasteiger partial charge in [0.1, 0.15) is 18.1 Å². The molecule has 37 heavy (non-hydrogen) atoms. The first kappa shape index (κ1) is 27.1. The third-order valence-electron chi connectivity index (χ3n) is 7.72. The average molecular weight is 504 g/mol. The number of rotatable bonds is 7. The minimum absolute atomic E-state index is 0.0824. The SMILES string of the molecule is C=C[C@H]1C[N@]2CC[C@H]1C[C@@H]2[C@@H](O)c1ccnc2ccc(OC)cc12.Cc1cccc(C)c1OCC(C)N. The van der Waals surface area contributed by atoms with Gasteiger partial charge in [0.25, 0.3) is 0 Å². The fourth-order valence-electron chi connectivity index (χ4n) is 5.69. The minimum Gasteiger partial charge on any atom is -0.497 e. The summed E-state index contributed by atoms with van der Waals surface area (Å²) >= 11 is 0. The maximum absolute atomic E-state index is 11.2. The van der Waals surface area contributed by atoms with Crippen LogP contribution >= 0.6 is 0 Å². The standard InChI is InChI=1S/C20H24N2O2.C11H17NO/c1-3-13-12-22-9-7-14(13)10-19(22)20(23)16-6-8-21-18-5-4-15(24-2)11-17(16)18;1-8-5-4-6-9(2)11(8)13-7-10(3)12/h3-6,8,11,13-14,19-20,23H,1,7,9-10,12H2,2H3;4-6,10H,7,12H2,1-3H3/t13-,14-,19+,20-;/m0./s1. The van der Waals surface area contributed by atoms with Crippen LogP contribution in [0.25, 0.3) is 10.9 Å². The number of pyridine rings is 1. The van der Waals surface area contributed by atoms with E-state index in [0.29, 0.717) is 18.4 Å². The highest BCUT2D eigenvalue weighted by Crippen LogP contribution is 2.42. The molecule has 3 aliphatic heterocycles. The number of aliphatic hydroxyl groups excluding tert-OH is 1. The van der Waals surface area contributed by atoms with E-state index < -0.39 is 6.10 Å². The predicted octanol–water partition coefficient (Wildman–Crippen LogP) is 5.20. The molecule has 6 rings (SSSR count). The van der Waals surface area contributed by atoms with Crippen LogP contribution < -0.4 is 15.2 Å². The predicted molar refractivity (Wildman–Crippen MR) is 150 cm³/mol. The van der Waals surface area contributed by atoms with Crippen molar-refractivity contribution in [2.75, 3.05) is 26.8 Å². The maximum Gasteiger partial charge on any atom is 0.125 e. The number of piperidine rings is 3. The second-order valence-electron chi connectivity index (χ2n) is 10.5. The van der Waals surface area contributed by atoms with Gasteiger partial charge in [-0.25, -0.2) is 0 Å². The zero-order chi connectivity index (χ0) is 26.5. The molecule has 3 saturated heterocycles. The van der Waals surface area contributed by atoms with Crippen molar-refractivity contribution in [3.05, 3.63) is 78.0 Å². The second-order valence-corrected chi connectivity index (χ2v) is 10.5. The van der Waals surface area contributed by atoms with Crippen LogP contribution in [0.4, 0.5) is 0 Å². The average Bonchev–Trinajstić information content (AvgIpc) is 2.92. The van der Waals surface area contributed by atoms with Crippen molar-refractivity contribution < 1.29 is 14.6 Å². The Bertz CT molecular complexity index is 1190. The quantitative estimate of drug-likeness (QED) is 0.431. The summed E-state index contributed by atoms with van der Waals surface area (Å²) in [6.45, 7) is 12.7. The second kappa shape index (κ2) is 12.1. The fraction of sp³-hybridized carbons (Fsp3) is 0.452. The van der Waals surface area contributed by atoms with Gasteiger partial charge in [0, 0.05) is 30.2 Å². The molecule has 6 nitrogen and oxygen atoms in total. The Hall–Kier alpha value is -2.93. The van der Waals surface area contributed by atoms with E-state index in [-0.39, 0.29) is 12.1 Å². The Labute approximate surface area is 221 Å². The maximum atomic E-state index is 11.2. The molecule has 0 aliphatic carbocycles. The highest BCUT2D eigenvalue weighted by molar-refractivity contribution is 5.84. The van der Waals surface area contributed by atoms with Crippen LogP contribution in [0.2, 0.25) is 0 Å². The number of nitrogens with zero attached hydrogens (tertiary/aromatic N) is 2. The van der Waals surface area contributed by atoms with E-state index in [1.807, 2.05) is 63.2 Å². The highest BCUT2D eigenvalue weighted by atomic mass is 16.5. The molecule has 0 amide bonds. The van der Waals surface area contributed by atoms with E-state index in [9.17, 15) is 5.11 Å². The first-order valence-corrected chi connectivity index (χ1v) is 13.2. The fourth-order valence-corrected chi connectivity index (χ4v) is 5.69. The zero-order valence-electron chi connectivity index (χ0n) is 22.6. The largest absolute Gasteiger partial charge is 0.497 e. The van der Waals surface area contributed by atoms with Crippen molar-refractivity contribution >= 4 is 10.9 Å². The number of methoxy groups -OCH3 is 1. The Kier molecular flexibility index (Phi) is 8.85. The number of ether oxygens (including phenoxy) is 2. The topological polar surface area (TPSA) is 80.8 Å². The van der Waals surface area contributed by atoms with E-state index >= 15 is 0 Å². The van der Waals surface area contributed by atoms with Gasteiger partial charge in [-0.1, -0.05) is 24.3 Å². The molecule has 0 saturated carbocycles. The van der Waals surface area contributed by atoms with Crippen LogP contribution in [-0.2, 0) is 0 Å². The van der Waals surface area contributed by atoms with Crippen molar-refractivity contribution in [2.45, 2.75) is 51.8 Å². The van der Waals surface area contributed by atoms with Gasteiger partial charge in [0.15, 0.2) is 0 Å². The van der Waals surface area contributed by atoms with Gasteiger partial charge < -0.3 is 20.3 Å². The van der Waals surface area contributed by atoms with Crippen molar-refractivity contribution in [3.8, 4) is 11.5 Å². The van der Waals surface area contributed by atoms with Gasteiger partial charge in [0.2, 0.25) is 0 Å². The highest BCUT2D eigenvalue weighted by Gasteiger charge is 2.42. The Morgan fingerprint density at radius 3 is 2.59 bits per heavy atom. The molecule has 1 unspecified atom stereocenters. The zero-order valence-corrected chi connectivity index (χ0v) is 22.6. The Balaban J connectivity index is 0.000000209. The van der Waals surface area contributed by atoms with Gasteiger partial charge >= 0.3 is 0 Å².